The zero-order chi connectivity index (χ0) is 8.97. The summed E-state index contributed by atoms with van der Waals surface area (Å²) in [7, 11) is 0. The number of hydrogen-bond donors (Lipinski definition) is 1. The van der Waals surface area contributed by atoms with Crippen LogP contribution in [0.15, 0.2) is 0 Å². The van der Waals surface area contributed by atoms with Crippen molar-refractivity contribution in [1.82, 2.24) is 9.80 Å². The molecule has 4 heteroatoms. The molecule has 1 N–H and O–H groups in total. The minimum absolute atomic E-state index is 0.285. The van der Waals surface area contributed by atoms with E-state index in [1.807, 2.05) is 4.90 Å². The average Bonchev–Trinajstić information content (AvgIpc) is 2.06. The van der Waals surface area contributed by atoms with Gasteiger partial charge in [0.25, 0.3) is 0 Å². The van der Waals surface area contributed by atoms with Crippen molar-refractivity contribution in [3.8, 4) is 0 Å². The molecule has 71 valence electrons. The van der Waals surface area contributed by atoms with Crippen molar-refractivity contribution in [1.29, 1.82) is 0 Å². The number of piperazine rings is 1. The minimum Gasteiger partial charge on any atom is -0.378 e. The molecule has 0 aliphatic carbocycles. The Morgan fingerprint density at radius 2 is 1.92 bits per heavy atom. The van der Waals surface area contributed by atoms with Crippen molar-refractivity contribution in [3.05, 3.63) is 6.92 Å². The van der Waals surface area contributed by atoms with Gasteiger partial charge in [0.15, 0.2) is 0 Å². The first-order valence-corrected chi connectivity index (χ1v) is 4.27. The zero-order valence-electron chi connectivity index (χ0n) is 7.25. The fourth-order valence-electron chi connectivity index (χ4n) is 1.40. The molecular formula is C8H16FN2O. The van der Waals surface area contributed by atoms with E-state index >= 15 is 0 Å². The first-order chi connectivity index (χ1) is 5.74. The molecule has 1 atom stereocenters. The van der Waals surface area contributed by atoms with Gasteiger partial charge in [-0.3, -0.25) is 9.80 Å². The second-order valence-corrected chi connectivity index (χ2v) is 3.05. The van der Waals surface area contributed by atoms with Gasteiger partial charge >= 0.3 is 0 Å². The molecule has 0 saturated carbocycles. The molecule has 1 saturated heterocycles. The Morgan fingerprint density at radius 3 is 2.33 bits per heavy atom. The van der Waals surface area contributed by atoms with Crippen LogP contribution in [0, 0.1) is 6.92 Å². The first-order valence-electron chi connectivity index (χ1n) is 4.27. The van der Waals surface area contributed by atoms with Gasteiger partial charge in [-0.15, -0.1) is 0 Å². The molecule has 1 radical (unpaired) electrons. The maximum Gasteiger partial charge on any atom is 0.107 e. The topological polar surface area (TPSA) is 26.7 Å². The van der Waals surface area contributed by atoms with Crippen molar-refractivity contribution in [2.24, 2.45) is 0 Å². The summed E-state index contributed by atoms with van der Waals surface area (Å²) in [4.78, 5) is 3.94. The van der Waals surface area contributed by atoms with Crippen LogP contribution < -0.4 is 0 Å². The van der Waals surface area contributed by atoms with Gasteiger partial charge in [-0.1, -0.05) is 0 Å². The Labute approximate surface area is 72.8 Å². The van der Waals surface area contributed by atoms with Crippen molar-refractivity contribution in [2.75, 3.05) is 39.4 Å². The molecule has 0 aromatic rings. The highest BCUT2D eigenvalue weighted by atomic mass is 19.1. The quantitative estimate of drug-likeness (QED) is 0.639. The number of aliphatic hydroxyl groups is 1. The van der Waals surface area contributed by atoms with Gasteiger partial charge in [-0.2, -0.15) is 0 Å². The van der Waals surface area contributed by atoms with Gasteiger partial charge in [-0.25, -0.2) is 4.39 Å². The van der Waals surface area contributed by atoms with Crippen LogP contribution in [0.5, 0.6) is 0 Å². The number of alkyl halides is 1. The summed E-state index contributed by atoms with van der Waals surface area (Å²) in [6.07, 6.45) is -0.613. The van der Waals surface area contributed by atoms with Crippen LogP contribution in [0.4, 0.5) is 4.39 Å². The molecule has 1 fully saturated rings. The lowest BCUT2D eigenvalue weighted by molar-refractivity contribution is 0.00287. The third kappa shape index (κ3) is 2.69. The summed E-state index contributed by atoms with van der Waals surface area (Å²) < 4.78 is 11.9. The van der Waals surface area contributed by atoms with Gasteiger partial charge in [0, 0.05) is 32.7 Å². The van der Waals surface area contributed by atoms with Crippen LogP contribution in [-0.2, 0) is 0 Å². The SMILES string of the molecule is [CH2]C(O)N1CCN(CCF)CC1. The molecule has 12 heavy (non-hydrogen) atoms. The summed E-state index contributed by atoms with van der Waals surface area (Å²) in [5, 5.41) is 9.12. The summed E-state index contributed by atoms with van der Waals surface area (Å²) in [5.41, 5.74) is 0. The van der Waals surface area contributed by atoms with E-state index in [0.717, 1.165) is 26.2 Å². The zero-order valence-corrected chi connectivity index (χ0v) is 7.25. The Hall–Kier alpha value is -0.190. The number of hydrogen-bond acceptors (Lipinski definition) is 3. The van der Waals surface area contributed by atoms with E-state index < -0.39 is 6.23 Å². The van der Waals surface area contributed by atoms with Crippen LogP contribution >= 0.6 is 0 Å². The van der Waals surface area contributed by atoms with E-state index in [0.29, 0.717) is 6.54 Å². The molecule has 1 aliphatic heterocycles. The van der Waals surface area contributed by atoms with E-state index in [4.69, 9.17) is 5.11 Å². The molecular weight excluding hydrogens is 159 g/mol. The molecule has 1 rings (SSSR count). The molecule has 1 aliphatic rings. The third-order valence-corrected chi connectivity index (χ3v) is 2.23. The molecule has 1 unspecified atom stereocenters. The van der Waals surface area contributed by atoms with Crippen molar-refractivity contribution < 1.29 is 9.50 Å². The minimum atomic E-state index is -0.613. The number of nitrogens with zero attached hydrogens (tertiary/aromatic N) is 2. The van der Waals surface area contributed by atoms with E-state index in [1.54, 1.807) is 0 Å². The Kier molecular flexibility index (Phi) is 3.91. The summed E-state index contributed by atoms with van der Waals surface area (Å²) >= 11 is 0. The predicted octanol–water partition coefficient (Wildman–Crippen LogP) is -0.274. The van der Waals surface area contributed by atoms with Crippen LogP contribution in [0.1, 0.15) is 0 Å². The smallest absolute Gasteiger partial charge is 0.107 e. The number of halogens is 1. The second-order valence-electron chi connectivity index (χ2n) is 3.05. The number of rotatable bonds is 3. The van der Waals surface area contributed by atoms with Gasteiger partial charge in [0.2, 0.25) is 0 Å². The van der Waals surface area contributed by atoms with E-state index in [-0.39, 0.29) is 6.67 Å². The van der Waals surface area contributed by atoms with E-state index in [9.17, 15) is 4.39 Å². The Morgan fingerprint density at radius 1 is 1.33 bits per heavy atom. The van der Waals surface area contributed by atoms with Crippen LogP contribution in [0.25, 0.3) is 0 Å². The first kappa shape index (κ1) is 9.89. The number of aliphatic hydroxyl groups excluding tert-OH is 1. The fourth-order valence-corrected chi connectivity index (χ4v) is 1.40. The van der Waals surface area contributed by atoms with Crippen LogP contribution in [0.2, 0.25) is 0 Å². The molecule has 0 amide bonds. The lowest BCUT2D eigenvalue weighted by Gasteiger charge is -2.35. The second kappa shape index (κ2) is 4.74. The van der Waals surface area contributed by atoms with Crippen molar-refractivity contribution in [2.45, 2.75) is 6.23 Å². The molecule has 0 aromatic heterocycles. The standard InChI is InChI=1S/C8H16FN2O/c1-8(12)11-6-4-10(3-2-9)5-7-11/h8,12H,1-7H2. The molecule has 1 heterocycles. The molecule has 0 bridgehead atoms. The maximum absolute atomic E-state index is 11.9. The van der Waals surface area contributed by atoms with E-state index in [2.05, 4.69) is 11.8 Å². The van der Waals surface area contributed by atoms with Crippen molar-refractivity contribution in [3.63, 3.8) is 0 Å². The van der Waals surface area contributed by atoms with Crippen molar-refractivity contribution >= 4 is 0 Å². The predicted molar refractivity (Wildman–Crippen MR) is 45.4 cm³/mol. The fraction of sp³-hybridized carbons (Fsp3) is 0.875. The largest absolute Gasteiger partial charge is 0.378 e. The van der Waals surface area contributed by atoms with Crippen LogP contribution in [-0.4, -0.2) is 60.5 Å². The highest BCUT2D eigenvalue weighted by Gasteiger charge is 2.18. The van der Waals surface area contributed by atoms with Crippen LogP contribution in [0.3, 0.4) is 0 Å². The Bertz CT molecular complexity index is 124. The highest BCUT2D eigenvalue weighted by Crippen LogP contribution is 2.03. The Balaban J connectivity index is 2.20. The van der Waals surface area contributed by atoms with Gasteiger partial charge in [-0.05, 0) is 6.92 Å². The lowest BCUT2D eigenvalue weighted by atomic mass is 10.3. The molecule has 3 nitrogen and oxygen atoms in total. The van der Waals surface area contributed by atoms with Gasteiger partial charge in [0.05, 0.1) is 0 Å². The highest BCUT2D eigenvalue weighted by molar-refractivity contribution is 4.73. The van der Waals surface area contributed by atoms with E-state index in [1.165, 1.54) is 0 Å². The molecule has 0 spiro atoms. The monoisotopic (exact) mass is 175 g/mol. The lowest BCUT2D eigenvalue weighted by Crippen LogP contribution is -2.49. The third-order valence-electron chi connectivity index (χ3n) is 2.23. The summed E-state index contributed by atoms with van der Waals surface area (Å²) in [5.74, 6) is 0. The summed E-state index contributed by atoms with van der Waals surface area (Å²) in [6, 6.07) is 0. The van der Waals surface area contributed by atoms with Gasteiger partial charge < -0.3 is 5.11 Å². The maximum atomic E-state index is 11.9. The average molecular weight is 175 g/mol. The normalized spacial score (nSPS) is 24.2. The summed E-state index contributed by atoms with van der Waals surface area (Å²) in [6.45, 7) is 6.98. The molecule has 0 aromatic carbocycles. The van der Waals surface area contributed by atoms with Gasteiger partial charge in [0.1, 0.15) is 12.9 Å².